The molecule has 2 amide bonds. The molecule has 132 valence electrons. The van der Waals surface area contributed by atoms with E-state index in [4.69, 9.17) is 0 Å². The number of carbonyl (C=O) groups excluding carboxylic acids is 2. The van der Waals surface area contributed by atoms with E-state index in [1.54, 1.807) is 24.4 Å². The molecule has 2 aromatic heterocycles. The topological polar surface area (TPSA) is 92.5 Å². The molecule has 1 unspecified atom stereocenters. The normalized spacial score (nSPS) is 17.1. The van der Waals surface area contributed by atoms with E-state index in [0.717, 1.165) is 5.69 Å². The van der Waals surface area contributed by atoms with Crippen molar-refractivity contribution in [1.82, 2.24) is 24.9 Å². The molecule has 1 atom stereocenters. The van der Waals surface area contributed by atoms with Crippen LogP contribution in [0.3, 0.4) is 0 Å². The molecule has 9 heteroatoms. The average molecular weight is 354 g/mol. The summed E-state index contributed by atoms with van der Waals surface area (Å²) in [6, 6.07) is 7.05. The standard InChI is InChI=1S/C17H15FN6O2/c1-10-6-8-19-17-21-14(22-24(10)17)15(25)20-12-7-9-23(16(12)26)13-5-3-2-4-11(13)18/h2-6,8,12H,7,9H2,1H3,(H,20,25). The van der Waals surface area contributed by atoms with Crippen molar-refractivity contribution in [1.29, 1.82) is 0 Å². The van der Waals surface area contributed by atoms with Gasteiger partial charge in [0.05, 0.1) is 5.69 Å². The van der Waals surface area contributed by atoms with Crippen LogP contribution in [0.15, 0.2) is 36.5 Å². The van der Waals surface area contributed by atoms with Crippen LogP contribution >= 0.6 is 0 Å². The fraction of sp³-hybridized carbons (Fsp3) is 0.235. The number of hydrogen-bond donors (Lipinski definition) is 1. The third-order valence-electron chi connectivity index (χ3n) is 4.29. The van der Waals surface area contributed by atoms with Crippen LogP contribution in [0.4, 0.5) is 10.1 Å². The Hall–Kier alpha value is -3.36. The number of halogens is 1. The van der Waals surface area contributed by atoms with Crippen molar-refractivity contribution in [2.24, 2.45) is 0 Å². The highest BCUT2D eigenvalue weighted by molar-refractivity contribution is 6.03. The van der Waals surface area contributed by atoms with Gasteiger partial charge in [-0.15, -0.1) is 5.10 Å². The second kappa shape index (κ2) is 6.17. The Kier molecular flexibility index (Phi) is 3.83. The molecule has 8 nitrogen and oxygen atoms in total. The van der Waals surface area contributed by atoms with E-state index in [0.29, 0.717) is 18.7 Å². The zero-order valence-corrected chi connectivity index (χ0v) is 13.9. The molecule has 0 aliphatic carbocycles. The average Bonchev–Trinajstić information content (AvgIpc) is 3.21. The Morgan fingerprint density at radius 1 is 1.31 bits per heavy atom. The summed E-state index contributed by atoms with van der Waals surface area (Å²) < 4.78 is 15.4. The number of nitrogens with zero attached hydrogens (tertiary/aromatic N) is 5. The second-order valence-corrected chi connectivity index (χ2v) is 5.99. The molecule has 3 aromatic rings. The zero-order chi connectivity index (χ0) is 18.3. The molecular formula is C17H15FN6O2. The highest BCUT2D eigenvalue weighted by atomic mass is 19.1. The Balaban J connectivity index is 1.52. The van der Waals surface area contributed by atoms with Gasteiger partial charge in [-0.25, -0.2) is 13.9 Å². The Bertz CT molecular complexity index is 1020. The molecule has 0 bridgehead atoms. The molecule has 1 aromatic carbocycles. The quantitative estimate of drug-likeness (QED) is 0.761. The smallest absolute Gasteiger partial charge is 0.291 e. The van der Waals surface area contributed by atoms with E-state index in [-0.39, 0.29) is 17.4 Å². The number of rotatable bonds is 3. The summed E-state index contributed by atoms with van der Waals surface area (Å²) >= 11 is 0. The molecule has 4 rings (SSSR count). The number of benzene rings is 1. The Morgan fingerprint density at radius 3 is 2.88 bits per heavy atom. The largest absolute Gasteiger partial charge is 0.337 e. The van der Waals surface area contributed by atoms with Crippen molar-refractivity contribution in [2.45, 2.75) is 19.4 Å². The minimum atomic E-state index is -0.747. The molecule has 0 spiro atoms. The number of nitrogens with one attached hydrogen (secondary N) is 1. The van der Waals surface area contributed by atoms with E-state index in [1.165, 1.54) is 21.5 Å². The van der Waals surface area contributed by atoms with E-state index in [1.807, 2.05) is 6.92 Å². The van der Waals surface area contributed by atoms with E-state index in [9.17, 15) is 14.0 Å². The van der Waals surface area contributed by atoms with Crippen LogP contribution in [0.1, 0.15) is 22.7 Å². The number of carbonyl (C=O) groups is 2. The van der Waals surface area contributed by atoms with Gasteiger partial charge in [-0.3, -0.25) is 9.59 Å². The van der Waals surface area contributed by atoms with Crippen LogP contribution in [0, 0.1) is 12.7 Å². The van der Waals surface area contributed by atoms with Gasteiger partial charge in [0.25, 0.3) is 11.7 Å². The number of anilines is 1. The second-order valence-electron chi connectivity index (χ2n) is 5.99. The molecule has 1 aliphatic rings. The third kappa shape index (κ3) is 2.67. The zero-order valence-electron chi connectivity index (χ0n) is 13.9. The van der Waals surface area contributed by atoms with Crippen LogP contribution in [0.5, 0.6) is 0 Å². The van der Waals surface area contributed by atoms with Crippen LogP contribution < -0.4 is 10.2 Å². The highest BCUT2D eigenvalue weighted by Gasteiger charge is 2.35. The van der Waals surface area contributed by atoms with E-state index >= 15 is 0 Å². The maximum Gasteiger partial charge on any atom is 0.291 e. The fourth-order valence-electron chi connectivity index (χ4n) is 2.95. The van der Waals surface area contributed by atoms with Gasteiger partial charge in [-0.1, -0.05) is 12.1 Å². The van der Waals surface area contributed by atoms with Gasteiger partial charge in [0, 0.05) is 18.4 Å². The molecule has 1 aliphatic heterocycles. The first-order valence-corrected chi connectivity index (χ1v) is 8.10. The summed E-state index contributed by atoms with van der Waals surface area (Å²) in [6.07, 6.45) is 1.96. The third-order valence-corrected chi connectivity index (χ3v) is 4.29. The van der Waals surface area contributed by atoms with Gasteiger partial charge in [0.1, 0.15) is 11.9 Å². The van der Waals surface area contributed by atoms with E-state index < -0.39 is 17.8 Å². The number of amides is 2. The van der Waals surface area contributed by atoms with Gasteiger partial charge in [0.15, 0.2) is 0 Å². The number of aromatic nitrogens is 4. The molecule has 1 saturated heterocycles. The van der Waals surface area contributed by atoms with Gasteiger partial charge in [-0.05, 0) is 31.5 Å². The lowest BCUT2D eigenvalue weighted by Gasteiger charge is -2.17. The van der Waals surface area contributed by atoms with Crippen LogP contribution in [-0.4, -0.2) is 44.0 Å². The summed E-state index contributed by atoms with van der Waals surface area (Å²) in [5.41, 5.74) is 0.990. The number of hydrogen-bond acceptors (Lipinski definition) is 5. The summed E-state index contributed by atoms with van der Waals surface area (Å²) in [4.78, 5) is 34.4. The van der Waals surface area contributed by atoms with Gasteiger partial charge in [-0.2, -0.15) is 4.98 Å². The monoisotopic (exact) mass is 354 g/mol. The number of fused-ring (bicyclic) bond motifs is 1. The molecule has 3 heterocycles. The fourth-order valence-corrected chi connectivity index (χ4v) is 2.95. The van der Waals surface area contributed by atoms with Crippen molar-refractivity contribution < 1.29 is 14.0 Å². The minimum absolute atomic E-state index is 0.0658. The summed E-state index contributed by atoms with van der Waals surface area (Å²) in [7, 11) is 0. The molecule has 0 saturated carbocycles. The van der Waals surface area contributed by atoms with Gasteiger partial charge in [0.2, 0.25) is 11.7 Å². The van der Waals surface area contributed by atoms with Gasteiger partial charge < -0.3 is 10.2 Å². The van der Waals surface area contributed by atoms with Crippen molar-refractivity contribution in [3.05, 3.63) is 53.9 Å². The van der Waals surface area contributed by atoms with Crippen molar-refractivity contribution in [3.8, 4) is 0 Å². The predicted molar refractivity (Wildman–Crippen MR) is 90.1 cm³/mol. The lowest BCUT2D eigenvalue weighted by atomic mass is 10.2. The summed E-state index contributed by atoms with van der Waals surface area (Å²) in [5.74, 6) is -1.16. The minimum Gasteiger partial charge on any atom is -0.337 e. The van der Waals surface area contributed by atoms with Crippen molar-refractivity contribution in [3.63, 3.8) is 0 Å². The maximum absolute atomic E-state index is 13.9. The lowest BCUT2D eigenvalue weighted by molar-refractivity contribution is -0.118. The molecule has 1 fully saturated rings. The first kappa shape index (κ1) is 16.1. The first-order chi connectivity index (χ1) is 12.5. The summed E-state index contributed by atoms with van der Waals surface area (Å²) in [5, 5.41) is 6.74. The van der Waals surface area contributed by atoms with Crippen LogP contribution in [0.2, 0.25) is 0 Å². The maximum atomic E-state index is 13.9. The lowest BCUT2D eigenvalue weighted by Crippen LogP contribution is -2.42. The van der Waals surface area contributed by atoms with E-state index in [2.05, 4.69) is 20.4 Å². The molecule has 1 N–H and O–H groups in total. The Labute approximate surface area is 147 Å². The van der Waals surface area contributed by atoms with Crippen LogP contribution in [0.25, 0.3) is 5.78 Å². The van der Waals surface area contributed by atoms with Crippen LogP contribution in [-0.2, 0) is 4.79 Å². The first-order valence-electron chi connectivity index (χ1n) is 8.10. The van der Waals surface area contributed by atoms with Crippen molar-refractivity contribution in [2.75, 3.05) is 11.4 Å². The molecular weight excluding hydrogens is 339 g/mol. The summed E-state index contributed by atoms with van der Waals surface area (Å²) in [6.45, 7) is 2.14. The number of aryl methyl sites for hydroxylation is 1. The number of para-hydroxylation sites is 1. The highest BCUT2D eigenvalue weighted by Crippen LogP contribution is 2.24. The van der Waals surface area contributed by atoms with Gasteiger partial charge >= 0.3 is 0 Å². The Morgan fingerprint density at radius 2 is 2.12 bits per heavy atom. The molecule has 26 heavy (non-hydrogen) atoms. The molecule has 0 radical (unpaired) electrons. The van der Waals surface area contributed by atoms with Crippen molar-refractivity contribution >= 4 is 23.3 Å². The predicted octanol–water partition coefficient (Wildman–Crippen LogP) is 1.11. The SMILES string of the molecule is Cc1ccnc2nc(C(=O)NC3CCN(c4ccccc4F)C3=O)nn12.